The molecular formula is C22H28F3NO7S2. The van der Waals surface area contributed by atoms with Crippen LogP contribution in [0.5, 0.6) is 0 Å². The van der Waals surface area contributed by atoms with E-state index < -0.39 is 27.4 Å². The molecule has 0 atom stereocenters. The van der Waals surface area contributed by atoms with E-state index in [1.165, 1.54) is 30.0 Å². The molecule has 1 aliphatic heterocycles. The lowest BCUT2D eigenvalue weighted by Gasteiger charge is -2.26. The van der Waals surface area contributed by atoms with Crippen LogP contribution in [-0.2, 0) is 23.9 Å². The number of nitrogens with zero attached hydrogens (tertiary/aromatic N) is 1. The van der Waals surface area contributed by atoms with E-state index in [0.29, 0.717) is 29.2 Å². The van der Waals surface area contributed by atoms with Crippen LogP contribution in [0.3, 0.4) is 0 Å². The van der Waals surface area contributed by atoms with Gasteiger partial charge in [0.1, 0.15) is 6.79 Å². The number of carbonyl (C=O) groups is 2. The molecule has 0 N–H and O–H groups in total. The third kappa shape index (κ3) is 7.40. The highest BCUT2D eigenvalue weighted by atomic mass is 32.2. The van der Waals surface area contributed by atoms with Gasteiger partial charge in [-0.15, -0.1) is 21.1 Å². The minimum atomic E-state index is -6.22. The highest BCUT2D eigenvalue weighted by Gasteiger charge is 2.51. The molecule has 196 valence electrons. The molecular weight excluding hydrogens is 511 g/mol. The molecule has 0 unspecified atom stereocenters. The summed E-state index contributed by atoms with van der Waals surface area (Å²) in [6.07, 6.45) is 0. The summed E-state index contributed by atoms with van der Waals surface area (Å²) in [5, 5.41) is 0.325. The highest BCUT2D eigenvalue weighted by molar-refractivity contribution is 7.99. The van der Waals surface area contributed by atoms with Gasteiger partial charge >= 0.3 is 15.6 Å². The summed E-state index contributed by atoms with van der Waals surface area (Å²) in [4.78, 5) is 25.8. The fourth-order valence-corrected chi connectivity index (χ4v) is 4.03. The van der Waals surface area contributed by atoms with Crippen LogP contribution >= 0.6 is 11.8 Å². The molecule has 2 aromatic rings. The normalized spacial score (nSPS) is 13.2. The molecule has 0 fully saturated rings. The van der Waals surface area contributed by atoms with E-state index >= 15 is 0 Å². The van der Waals surface area contributed by atoms with Crippen LogP contribution in [0, 0.1) is 0 Å². The predicted molar refractivity (Wildman–Crippen MR) is 126 cm³/mol. The summed E-state index contributed by atoms with van der Waals surface area (Å²) in [5.41, 5.74) is -6.11. The van der Waals surface area contributed by atoms with Crippen molar-refractivity contribution in [2.24, 2.45) is 0 Å². The van der Waals surface area contributed by atoms with Crippen molar-refractivity contribution in [3.8, 4) is 0 Å². The average Bonchev–Trinajstić information content (AvgIpc) is 2.84. The molecule has 0 saturated heterocycles. The number of imide groups is 1. The number of thioether (sulfide) groups is 1. The van der Waals surface area contributed by atoms with Crippen LogP contribution in [0.15, 0.2) is 35.2 Å². The molecule has 0 radical (unpaired) electrons. The quantitative estimate of drug-likeness (QED) is 0.138. The highest BCUT2D eigenvalue weighted by Crippen LogP contribution is 2.35. The molecule has 0 aliphatic carbocycles. The van der Waals surface area contributed by atoms with Gasteiger partial charge in [0.25, 0.3) is 11.8 Å². The number of halogens is 3. The number of hydrogen-bond donors (Lipinski definition) is 0. The van der Waals surface area contributed by atoms with Crippen molar-refractivity contribution < 1.29 is 44.9 Å². The van der Waals surface area contributed by atoms with E-state index in [0.717, 1.165) is 0 Å². The van der Waals surface area contributed by atoms with Crippen molar-refractivity contribution in [3.05, 3.63) is 41.5 Å². The van der Waals surface area contributed by atoms with E-state index in [-0.39, 0.29) is 28.4 Å². The second-order valence-electron chi connectivity index (χ2n) is 6.12. The first kappa shape index (κ1) is 30.8. The topological polar surface area (TPSA) is 99.2 Å². The zero-order chi connectivity index (χ0) is 26.8. The lowest BCUT2D eigenvalue weighted by molar-refractivity contribution is -0.0761. The largest absolute Gasteiger partial charge is 0.525 e. The molecule has 0 bridgehead atoms. The Morgan fingerprint density at radius 3 is 2.20 bits per heavy atom. The fraction of sp³-hybridized carbons (Fsp3) is 0.455. The first-order chi connectivity index (χ1) is 16.6. The lowest BCUT2D eigenvalue weighted by Crippen LogP contribution is -2.44. The Bertz CT molecular complexity index is 1120. The Kier molecular flexibility index (Phi) is 12.1. The number of rotatable bonds is 9. The molecule has 1 aliphatic rings. The van der Waals surface area contributed by atoms with Crippen LogP contribution in [-0.4, -0.2) is 56.6 Å². The monoisotopic (exact) mass is 539 g/mol. The van der Waals surface area contributed by atoms with Gasteiger partial charge < -0.3 is 9.47 Å². The van der Waals surface area contributed by atoms with E-state index in [2.05, 4.69) is 4.28 Å². The van der Waals surface area contributed by atoms with Gasteiger partial charge in [-0.05, 0) is 30.5 Å². The lowest BCUT2D eigenvalue weighted by atomic mass is 9.95. The summed E-state index contributed by atoms with van der Waals surface area (Å²) >= 11 is 1.30. The zero-order valence-electron chi connectivity index (χ0n) is 20.0. The van der Waals surface area contributed by atoms with Crippen LogP contribution in [0.25, 0.3) is 10.8 Å². The van der Waals surface area contributed by atoms with E-state index in [1.54, 1.807) is 12.1 Å². The van der Waals surface area contributed by atoms with Gasteiger partial charge in [0.2, 0.25) is 0 Å². The minimum Gasteiger partial charge on any atom is -0.356 e. The number of alkyl halides is 3. The van der Waals surface area contributed by atoms with Crippen LogP contribution in [0.2, 0.25) is 0 Å². The second-order valence-corrected chi connectivity index (χ2v) is 8.81. The van der Waals surface area contributed by atoms with Crippen molar-refractivity contribution in [2.75, 3.05) is 25.8 Å². The van der Waals surface area contributed by atoms with Gasteiger partial charge in [-0.25, -0.2) is 0 Å². The zero-order valence-corrected chi connectivity index (χ0v) is 21.6. The Morgan fingerprint density at radius 2 is 1.60 bits per heavy atom. The number of ether oxygens (including phenoxy) is 2. The maximum absolute atomic E-state index is 12.7. The summed E-state index contributed by atoms with van der Waals surface area (Å²) < 4.78 is 75.0. The van der Waals surface area contributed by atoms with E-state index in [1.807, 2.05) is 34.6 Å². The molecule has 2 amide bonds. The molecule has 0 aromatic heterocycles. The van der Waals surface area contributed by atoms with Crippen LogP contribution in [0.4, 0.5) is 13.2 Å². The first-order valence-electron chi connectivity index (χ1n) is 10.8. The average molecular weight is 540 g/mol. The minimum absolute atomic E-state index is 0.129. The predicted octanol–water partition coefficient (Wildman–Crippen LogP) is 5.37. The van der Waals surface area contributed by atoms with Gasteiger partial charge in [-0.2, -0.15) is 21.6 Å². The Balaban J connectivity index is 0.00000145. The Morgan fingerprint density at radius 1 is 0.971 bits per heavy atom. The molecule has 1 heterocycles. The van der Waals surface area contributed by atoms with Crippen molar-refractivity contribution >= 4 is 44.5 Å². The Hall–Kier alpha value is -2.19. The van der Waals surface area contributed by atoms with Gasteiger partial charge in [-0.1, -0.05) is 39.8 Å². The maximum atomic E-state index is 12.7. The molecule has 8 nitrogen and oxygen atoms in total. The first-order valence-corrected chi connectivity index (χ1v) is 13.2. The number of carbonyl (C=O) groups excluding carboxylic acids is 2. The molecule has 3 rings (SSSR count). The fourth-order valence-electron chi connectivity index (χ4n) is 2.77. The van der Waals surface area contributed by atoms with Gasteiger partial charge in [0.15, 0.2) is 0 Å². The smallest absolute Gasteiger partial charge is 0.356 e. The maximum Gasteiger partial charge on any atom is 0.525 e. The third-order valence-corrected chi connectivity index (χ3v) is 5.96. The SMILES string of the molecule is CC.CC.CCOCOCCSc1cc2c3c(cccc3c1)C(=O)N(OS(=O)(=O)C(F)(F)F)C2=O. The summed E-state index contributed by atoms with van der Waals surface area (Å²) in [5.74, 6) is -2.13. The number of hydroxylamine groups is 2. The molecule has 0 spiro atoms. The molecule has 0 saturated carbocycles. The van der Waals surface area contributed by atoms with E-state index in [4.69, 9.17) is 9.47 Å². The van der Waals surface area contributed by atoms with E-state index in [9.17, 15) is 31.2 Å². The summed E-state index contributed by atoms with van der Waals surface area (Å²) in [7, 11) is -6.22. The van der Waals surface area contributed by atoms with Crippen LogP contribution < -0.4 is 0 Å². The summed E-state index contributed by atoms with van der Waals surface area (Å²) in [6.45, 7) is 10.8. The van der Waals surface area contributed by atoms with Crippen LogP contribution in [0.1, 0.15) is 55.3 Å². The van der Waals surface area contributed by atoms with Gasteiger partial charge in [-0.3, -0.25) is 9.59 Å². The number of benzene rings is 2. The summed E-state index contributed by atoms with van der Waals surface area (Å²) in [6, 6.07) is 7.43. The number of amides is 2. The van der Waals surface area contributed by atoms with Gasteiger partial charge in [0.05, 0.1) is 17.7 Å². The molecule has 35 heavy (non-hydrogen) atoms. The van der Waals surface area contributed by atoms with Crippen molar-refractivity contribution in [3.63, 3.8) is 0 Å². The Labute approximate surface area is 206 Å². The third-order valence-electron chi connectivity index (χ3n) is 4.10. The van der Waals surface area contributed by atoms with Crippen molar-refractivity contribution in [1.82, 2.24) is 5.06 Å². The van der Waals surface area contributed by atoms with Crippen molar-refractivity contribution in [2.45, 2.75) is 45.0 Å². The van der Waals surface area contributed by atoms with Gasteiger partial charge in [0, 0.05) is 22.6 Å². The number of hydrogen-bond acceptors (Lipinski definition) is 8. The second kappa shape index (κ2) is 13.8. The molecule has 2 aromatic carbocycles. The van der Waals surface area contributed by atoms with Crippen molar-refractivity contribution in [1.29, 1.82) is 0 Å². The standard InChI is InChI=1S/C18H16F3NO7S2.2C2H6/c1-2-27-10-28-6-7-30-12-8-11-4-3-5-13-15(11)14(9-12)17(24)22(16(13)23)29-31(25,26)18(19,20)21;2*1-2/h3-5,8-9H,2,6-7,10H2,1H3;2*1-2H3. The molecule has 13 heteroatoms.